The van der Waals surface area contributed by atoms with Gasteiger partial charge in [0.2, 0.25) is 5.91 Å². The van der Waals surface area contributed by atoms with Gasteiger partial charge in [-0.3, -0.25) is 15.0 Å². The van der Waals surface area contributed by atoms with E-state index in [1.807, 2.05) is 30.3 Å². The van der Waals surface area contributed by atoms with E-state index in [4.69, 9.17) is 9.47 Å². The second kappa shape index (κ2) is 8.55. The van der Waals surface area contributed by atoms with Crippen molar-refractivity contribution in [1.29, 1.82) is 0 Å². The standard InChI is InChI=1S/C20H23N3O4/c1-26-16-10-14(11-17(12-16)27-2)19(24)23-22-18(13-6-4-3-5-7-13)20(25)21-15-8-9-15/h3-7,10-12,15,18,22H,8-9H2,1-2H3,(H,21,25)(H,23,24)/t18-/m1/s1. The molecule has 0 heterocycles. The third-order valence-electron chi connectivity index (χ3n) is 4.26. The Balaban J connectivity index is 1.72. The monoisotopic (exact) mass is 369 g/mol. The molecule has 7 nitrogen and oxygen atoms in total. The summed E-state index contributed by atoms with van der Waals surface area (Å²) in [6.07, 6.45) is 1.98. The minimum atomic E-state index is -0.691. The average Bonchev–Trinajstić information content (AvgIpc) is 3.52. The lowest BCUT2D eigenvalue weighted by Gasteiger charge is -2.19. The Hall–Kier alpha value is -3.06. The molecule has 0 bridgehead atoms. The van der Waals surface area contributed by atoms with Crippen molar-refractivity contribution in [3.8, 4) is 11.5 Å². The van der Waals surface area contributed by atoms with Gasteiger partial charge in [-0.25, -0.2) is 5.43 Å². The summed E-state index contributed by atoms with van der Waals surface area (Å²) >= 11 is 0. The van der Waals surface area contributed by atoms with Crippen molar-refractivity contribution in [2.75, 3.05) is 14.2 Å². The van der Waals surface area contributed by atoms with Crippen LogP contribution in [0.4, 0.5) is 0 Å². The van der Waals surface area contributed by atoms with E-state index in [-0.39, 0.29) is 11.9 Å². The van der Waals surface area contributed by atoms with E-state index in [1.165, 1.54) is 14.2 Å². The van der Waals surface area contributed by atoms with E-state index in [2.05, 4.69) is 16.2 Å². The molecule has 3 N–H and O–H groups in total. The molecule has 1 saturated carbocycles. The molecule has 0 saturated heterocycles. The second-order valence-corrected chi connectivity index (χ2v) is 6.33. The Morgan fingerprint density at radius 2 is 1.63 bits per heavy atom. The molecule has 0 aliphatic heterocycles. The van der Waals surface area contributed by atoms with Crippen LogP contribution in [-0.2, 0) is 4.79 Å². The molecule has 2 aromatic carbocycles. The number of amides is 2. The molecular formula is C20H23N3O4. The van der Waals surface area contributed by atoms with Crippen LogP contribution in [0.1, 0.15) is 34.8 Å². The maximum atomic E-state index is 12.6. The first-order valence-corrected chi connectivity index (χ1v) is 8.75. The van der Waals surface area contributed by atoms with Gasteiger partial charge in [0.25, 0.3) is 5.91 Å². The largest absolute Gasteiger partial charge is 0.497 e. The summed E-state index contributed by atoms with van der Waals surface area (Å²) in [4.78, 5) is 25.1. The Morgan fingerprint density at radius 1 is 1.00 bits per heavy atom. The third-order valence-corrected chi connectivity index (χ3v) is 4.26. The summed E-state index contributed by atoms with van der Waals surface area (Å²) in [5, 5.41) is 2.96. The molecule has 142 valence electrons. The van der Waals surface area contributed by atoms with Gasteiger partial charge in [-0.05, 0) is 30.5 Å². The first-order valence-electron chi connectivity index (χ1n) is 8.75. The molecule has 1 aliphatic rings. The Labute approximate surface area is 158 Å². The number of ether oxygens (including phenoxy) is 2. The van der Waals surface area contributed by atoms with Gasteiger partial charge in [-0.2, -0.15) is 0 Å². The van der Waals surface area contributed by atoms with E-state index in [0.717, 1.165) is 18.4 Å². The van der Waals surface area contributed by atoms with Crippen LogP contribution in [0, 0.1) is 0 Å². The molecule has 1 fully saturated rings. The molecule has 7 heteroatoms. The maximum absolute atomic E-state index is 12.6. The first kappa shape index (κ1) is 18.7. The van der Waals surface area contributed by atoms with Gasteiger partial charge in [-0.15, -0.1) is 0 Å². The average molecular weight is 369 g/mol. The third kappa shape index (κ3) is 4.98. The van der Waals surface area contributed by atoms with Crippen LogP contribution in [0.5, 0.6) is 11.5 Å². The predicted octanol–water partition coefficient (Wildman–Crippen LogP) is 1.96. The summed E-state index contributed by atoms with van der Waals surface area (Å²) in [5.74, 6) is 0.441. The van der Waals surface area contributed by atoms with Gasteiger partial charge < -0.3 is 14.8 Å². The fourth-order valence-electron chi connectivity index (χ4n) is 2.61. The highest BCUT2D eigenvalue weighted by Gasteiger charge is 2.28. The van der Waals surface area contributed by atoms with Gasteiger partial charge in [0.15, 0.2) is 0 Å². The number of carbonyl (C=O) groups is 2. The molecule has 3 rings (SSSR count). The molecule has 1 atom stereocenters. The van der Waals surface area contributed by atoms with Gasteiger partial charge in [0.1, 0.15) is 17.5 Å². The van der Waals surface area contributed by atoms with E-state index in [9.17, 15) is 9.59 Å². The fourth-order valence-corrected chi connectivity index (χ4v) is 2.61. The Kier molecular flexibility index (Phi) is 5.93. The molecule has 0 aromatic heterocycles. The van der Waals surface area contributed by atoms with Gasteiger partial charge in [0, 0.05) is 17.7 Å². The first-order chi connectivity index (χ1) is 13.1. The Morgan fingerprint density at radius 3 is 2.19 bits per heavy atom. The van der Waals surface area contributed by atoms with Crippen molar-refractivity contribution in [2.24, 2.45) is 0 Å². The highest BCUT2D eigenvalue weighted by Crippen LogP contribution is 2.23. The predicted molar refractivity (Wildman–Crippen MR) is 100 cm³/mol. The van der Waals surface area contributed by atoms with Crippen molar-refractivity contribution >= 4 is 11.8 Å². The van der Waals surface area contributed by atoms with Crippen LogP contribution in [0.25, 0.3) is 0 Å². The van der Waals surface area contributed by atoms with Crippen molar-refractivity contribution in [3.63, 3.8) is 0 Å². The Bertz CT molecular complexity index is 784. The molecule has 27 heavy (non-hydrogen) atoms. The molecule has 1 aliphatic carbocycles. The highest BCUT2D eigenvalue weighted by molar-refractivity contribution is 5.95. The molecule has 0 radical (unpaired) electrons. The van der Waals surface area contributed by atoms with Gasteiger partial charge >= 0.3 is 0 Å². The second-order valence-electron chi connectivity index (χ2n) is 6.33. The number of hydrazine groups is 1. The van der Waals surface area contributed by atoms with E-state index in [1.54, 1.807) is 18.2 Å². The normalized spacial score (nSPS) is 14.1. The van der Waals surface area contributed by atoms with Crippen LogP contribution >= 0.6 is 0 Å². The van der Waals surface area contributed by atoms with E-state index >= 15 is 0 Å². The summed E-state index contributed by atoms with van der Waals surface area (Å²) in [5.41, 5.74) is 6.58. The molecule has 2 amide bonds. The minimum Gasteiger partial charge on any atom is -0.497 e. The lowest BCUT2D eigenvalue weighted by atomic mass is 10.1. The van der Waals surface area contributed by atoms with E-state index < -0.39 is 11.9 Å². The topological polar surface area (TPSA) is 88.7 Å². The molecule has 0 spiro atoms. The van der Waals surface area contributed by atoms with Crippen LogP contribution in [0.15, 0.2) is 48.5 Å². The van der Waals surface area contributed by atoms with Crippen LogP contribution in [0.3, 0.4) is 0 Å². The van der Waals surface area contributed by atoms with Crippen LogP contribution < -0.4 is 25.6 Å². The quantitative estimate of drug-likeness (QED) is 0.619. The maximum Gasteiger partial charge on any atom is 0.265 e. The molecule has 2 aromatic rings. The zero-order valence-electron chi connectivity index (χ0n) is 15.3. The minimum absolute atomic E-state index is 0.174. The summed E-state index contributed by atoms with van der Waals surface area (Å²) in [7, 11) is 3.03. The number of hydrogen-bond acceptors (Lipinski definition) is 5. The molecule has 0 unspecified atom stereocenters. The lowest BCUT2D eigenvalue weighted by Crippen LogP contribution is -2.46. The van der Waals surface area contributed by atoms with Crippen molar-refractivity contribution in [1.82, 2.24) is 16.2 Å². The number of nitrogens with one attached hydrogen (secondary N) is 3. The number of hydrogen-bond donors (Lipinski definition) is 3. The highest BCUT2D eigenvalue weighted by atomic mass is 16.5. The number of methoxy groups -OCH3 is 2. The van der Waals surface area contributed by atoms with Crippen molar-refractivity contribution in [3.05, 3.63) is 59.7 Å². The smallest absolute Gasteiger partial charge is 0.265 e. The fraction of sp³-hybridized carbons (Fsp3) is 0.300. The van der Waals surface area contributed by atoms with Crippen LogP contribution in [0.2, 0.25) is 0 Å². The van der Waals surface area contributed by atoms with Gasteiger partial charge in [0.05, 0.1) is 14.2 Å². The molecular weight excluding hydrogens is 346 g/mol. The van der Waals surface area contributed by atoms with Crippen LogP contribution in [-0.4, -0.2) is 32.1 Å². The van der Waals surface area contributed by atoms with Crippen molar-refractivity contribution < 1.29 is 19.1 Å². The number of rotatable bonds is 8. The summed E-state index contributed by atoms with van der Waals surface area (Å²) in [6.45, 7) is 0. The summed E-state index contributed by atoms with van der Waals surface area (Å²) < 4.78 is 10.4. The van der Waals surface area contributed by atoms with Gasteiger partial charge in [-0.1, -0.05) is 30.3 Å². The zero-order valence-corrected chi connectivity index (χ0v) is 15.3. The zero-order chi connectivity index (χ0) is 19.2. The summed E-state index contributed by atoms with van der Waals surface area (Å²) in [6, 6.07) is 13.7. The lowest BCUT2D eigenvalue weighted by molar-refractivity contribution is -0.123. The number of carbonyl (C=O) groups excluding carboxylic acids is 2. The number of benzene rings is 2. The SMILES string of the molecule is COc1cc(OC)cc(C(=O)NN[C@@H](C(=O)NC2CC2)c2ccccc2)c1. The van der Waals surface area contributed by atoms with Crippen molar-refractivity contribution in [2.45, 2.75) is 24.9 Å². The van der Waals surface area contributed by atoms with E-state index in [0.29, 0.717) is 17.1 Å².